The number of benzene rings is 4. The summed E-state index contributed by atoms with van der Waals surface area (Å²) in [5.41, 5.74) is 3.56. The highest BCUT2D eigenvalue weighted by molar-refractivity contribution is 7.89. The number of carbonyl (C=O) groups is 2. The number of methoxy groups -OCH3 is 1. The van der Waals surface area contributed by atoms with E-state index in [9.17, 15) is 18.0 Å². The van der Waals surface area contributed by atoms with Gasteiger partial charge in [-0.2, -0.15) is 4.31 Å². The number of nitrogens with one attached hydrogen (secondary N) is 1. The maximum absolute atomic E-state index is 14.1. The van der Waals surface area contributed by atoms with Crippen LogP contribution in [0, 0.1) is 0 Å². The molecule has 1 aliphatic heterocycles. The summed E-state index contributed by atoms with van der Waals surface area (Å²) in [4.78, 5) is 30.0. The van der Waals surface area contributed by atoms with E-state index in [-0.39, 0.29) is 36.2 Å². The van der Waals surface area contributed by atoms with Crippen LogP contribution in [0.15, 0.2) is 114 Å². The molecule has 1 N–H and O–H groups in total. The molecule has 46 heavy (non-hydrogen) atoms. The second kappa shape index (κ2) is 15.7. The third kappa shape index (κ3) is 8.41. The van der Waals surface area contributed by atoms with Gasteiger partial charge in [0.2, 0.25) is 21.8 Å². The summed E-state index contributed by atoms with van der Waals surface area (Å²) < 4.78 is 32.9. The second-order valence-corrected chi connectivity index (χ2v) is 13.4. The van der Waals surface area contributed by atoms with Gasteiger partial charge in [0.25, 0.3) is 0 Å². The predicted octanol–water partition coefficient (Wildman–Crippen LogP) is 5.37. The lowest BCUT2D eigenvalue weighted by atomic mass is 10.0. The summed E-state index contributed by atoms with van der Waals surface area (Å²) in [6.07, 6.45) is 2.68. The molecule has 2 amide bonds. The molecule has 0 aromatic heterocycles. The molecule has 1 heterocycles. The first-order valence-corrected chi connectivity index (χ1v) is 17.1. The molecule has 0 unspecified atom stereocenters. The van der Waals surface area contributed by atoms with Crippen molar-refractivity contribution in [1.29, 1.82) is 0 Å². The number of aryl methyl sites for hydroxylation is 1. The summed E-state index contributed by atoms with van der Waals surface area (Å²) in [7, 11) is -1.91. The van der Waals surface area contributed by atoms with E-state index in [2.05, 4.69) is 5.32 Å². The number of hydrogen-bond acceptors (Lipinski definition) is 5. The highest BCUT2D eigenvalue weighted by Crippen LogP contribution is 2.23. The van der Waals surface area contributed by atoms with Gasteiger partial charge in [-0.25, -0.2) is 8.42 Å². The molecule has 0 bridgehead atoms. The fourth-order valence-corrected chi connectivity index (χ4v) is 7.30. The number of sulfonamides is 1. The zero-order valence-corrected chi connectivity index (χ0v) is 27.0. The highest BCUT2D eigenvalue weighted by atomic mass is 32.2. The monoisotopic (exact) mass is 639 g/mol. The lowest BCUT2D eigenvalue weighted by molar-refractivity contribution is -0.141. The molecule has 1 saturated heterocycles. The minimum absolute atomic E-state index is 0.161. The van der Waals surface area contributed by atoms with Crippen LogP contribution in [0.5, 0.6) is 5.75 Å². The van der Waals surface area contributed by atoms with E-state index in [0.717, 1.165) is 35.1 Å². The fourth-order valence-electron chi connectivity index (χ4n) is 5.78. The number of rotatable bonds is 14. The summed E-state index contributed by atoms with van der Waals surface area (Å²) in [6, 6.07) is 32.9. The minimum atomic E-state index is -3.51. The van der Waals surface area contributed by atoms with Crippen LogP contribution in [0.4, 0.5) is 0 Å². The smallest absolute Gasteiger partial charge is 0.243 e. The maximum atomic E-state index is 14.1. The van der Waals surface area contributed by atoms with Crippen molar-refractivity contribution in [2.75, 3.05) is 20.2 Å². The van der Waals surface area contributed by atoms with Crippen LogP contribution in [0.2, 0.25) is 0 Å². The molecular formula is C37H41N3O5S. The molecule has 4 aromatic carbocycles. The van der Waals surface area contributed by atoms with Crippen LogP contribution in [-0.2, 0) is 45.5 Å². The molecule has 240 valence electrons. The number of amides is 2. The third-order valence-corrected chi connectivity index (χ3v) is 10.3. The van der Waals surface area contributed by atoms with E-state index in [1.54, 1.807) is 36.3 Å². The van der Waals surface area contributed by atoms with Crippen LogP contribution in [0.3, 0.4) is 0 Å². The standard InChI is InChI=1S/C37H41N3O5S/c1-45-35-17-9-8-16-32(35)27-38-37(42)34(26-30-12-4-2-5-13-30)40(28-31-14-6-3-7-15-31)36(41)23-20-29-18-21-33(22-19-29)46(43,44)39-24-10-11-25-39/h2-9,12-19,21-22,34H,10-11,20,23-28H2,1H3,(H,38,42)/t34-/m1/s1. The van der Waals surface area contributed by atoms with Crippen molar-refractivity contribution in [1.82, 2.24) is 14.5 Å². The van der Waals surface area contributed by atoms with Gasteiger partial charge in [-0.05, 0) is 54.2 Å². The number of ether oxygens (including phenoxy) is 1. The van der Waals surface area contributed by atoms with E-state index in [0.29, 0.717) is 31.7 Å². The van der Waals surface area contributed by atoms with Crippen LogP contribution in [0.1, 0.15) is 41.5 Å². The molecule has 0 aliphatic carbocycles. The first-order chi connectivity index (χ1) is 22.3. The van der Waals surface area contributed by atoms with E-state index >= 15 is 0 Å². The van der Waals surface area contributed by atoms with Crippen LogP contribution in [0.25, 0.3) is 0 Å². The molecule has 8 nitrogen and oxygen atoms in total. The Hall–Kier alpha value is -4.47. The predicted molar refractivity (Wildman–Crippen MR) is 179 cm³/mol. The number of carbonyl (C=O) groups excluding carboxylic acids is 2. The number of nitrogens with zero attached hydrogens (tertiary/aromatic N) is 2. The van der Waals surface area contributed by atoms with E-state index in [1.807, 2.05) is 84.9 Å². The van der Waals surface area contributed by atoms with Crippen LogP contribution >= 0.6 is 0 Å². The van der Waals surface area contributed by atoms with Gasteiger partial charge in [0.1, 0.15) is 11.8 Å². The van der Waals surface area contributed by atoms with Crippen molar-refractivity contribution < 1.29 is 22.7 Å². The number of hydrogen-bond donors (Lipinski definition) is 1. The van der Waals surface area contributed by atoms with Gasteiger partial charge >= 0.3 is 0 Å². The topological polar surface area (TPSA) is 96.0 Å². The molecule has 1 fully saturated rings. The molecular weight excluding hydrogens is 598 g/mol. The van der Waals surface area contributed by atoms with Gasteiger partial charge in [-0.3, -0.25) is 9.59 Å². The minimum Gasteiger partial charge on any atom is -0.496 e. The highest BCUT2D eigenvalue weighted by Gasteiger charge is 2.31. The quantitative estimate of drug-likeness (QED) is 0.200. The van der Waals surface area contributed by atoms with Gasteiger partial charge in [0.15, 0.2) is 0 Å². The van der Waals surface area contributed by atoms with Crippen molar-refractivity contribution in [3.05, 3.63) is 131 Å². The Kier molecular flexibility index (Phi) is 11.2. The third-order valence-electron chi connectivity index (χ3n) is 8.37. The van der Waals surface area contributed by atoms with E-state index < -0.39 is 16.1 Å². The summed E-state index contributed by atoms with van der Waals surface area (Å²) in [5.74, 6) is 0.264. The Morgan fingerprint density at radius 2 is 1.41 bits per heavy atom. The average Bonchev–Trinajstić information content (AvgIpc) is 3.65. The lowest BCUT2D eigenvalue weighted by Gasteiger charge is -2.32. The Morgan fingerprint density at radius 1 is 0.804 bits per heavy atom. The molecule has 4 aromatic rings. The lowest BCUT2D eigenvalue weighted by Crippen LogP contribution is -2.50. The Balaban J connectivity index is 1.36. The first kappa shape index (κ1) is 32.9. The molecule has 1 atom stereocenters. The van der Waals surface area contributed by atoms with Crippen molar-refractivity contribution >= 4 is 21.8 Å². The molecule has 0 radical (unpaired) electrons. The molecule has 9 heteroatoms. The number of para-hydroxylation sites is 1. The van der Waals surface area contributed by atoms with Gasteiger partial charge in [-0.15, -0.1) is 0 Å². The van der Waals surface area contributed by atoms with Gasteiger partial charge in [0, 0.05) is 44.6 Å². The van der Waals surface area contributed by atoms with Crippen molar-refractivity contribution in [3.63, 3.8) is 0 Å². The largest absolute Gasteiger partial charge is 0.496 e. The van der Waals surface area contributed by atoms with Gasteiger partial charge in [0.05, 0.1) is 12.0 Å². The zero-order valence-electron chi connectivity index (χ0n) is 26.2. The first-order valence-electron chi connectivity index (χ1n) is 15.7. The Labute approximate surface area is 272 Å². The Bertz CT molecular complexity index is 1690. The SMILES string of the molecule is COc1ccccc1CNC(=O)[C@@H](Cc1ccccc1)N(Cc1ccccc1)C(=O)CCc1ccc(S(=O)(=O)N2CCCC2)cc1. The summed E-state index contributed by atoms with van der Waals surface area (Å²) in [6.45, 7) is 1.62. The molecule has 1 aliphatic rings. The Morgan fingerprint density at radius 3 is 2.07 bits per heavy atom. The van der Waals surface area contributed by atoms with E-state index in [4.69, 9.17) is 4.74 Å². The van der Waals surface area contributed by atoms with E-state index in [1.165, 1.54) is 4.31 Å². The molecule has 0 spiro atoms. The zero-order chi connectivity index (χ0) is 32.4. The van der Waals surface area contributed by atoms with Gasteiger partial charge < -0.3 is 15.0 Å². The molecule has 0 saturated carbocycles. The molecule has 5 rings (SSSR count). The van der Waals surface area contributed by atoms with Crippen molar-refractivity contribution in [2.24, 2.45) is 0 Å². The van der Waals surface area contributed by atoms with Crippen LogP contribution in [-0.4, -0.2) is 55.7 Å². The summed E-state index contributed by atoms with van der Waals surface area (Å²) in [5, 5.41) is 3.06. The van der Waals surface area contributed by atoms with Gasteiger partial charge in [-0.1, -0.05) is 91.0 Å². The second-order valence-electron chi connectivity index (χ2n) is 11.5. The maximum Gasteiger partial charge on any atom is 0.243 e. The van der Waals surface area contributed by atoms with Crippen molar-refractivity contribution in [3.8, 4) is 5.75 Å². The fraction of sp³-hybridized carbons (Fsp3) is 0.297. The summed E-state index contributed by atoms with van der Waals surface area (Å²) >= 11 is 0. The van der Waals surface area contributed by atoms with Crippen molar-refractivity contribution in [2.45, 2.75) is 56.1 Å². The van der Waals surface area contributed by atoms with Crippen LogP contribution < -0.4 is 10.1 Å². The normalized spacial score (nSPS) is 14.0. The average molecular weight is 640 g/mol.